The van der Waals surface area contributed by atoms with Crippen molar-refractivity contribution in [3.63, 3.8) is 0 Å². The Balaban J connectivity index is 1.81. The Hall–Kier alpha value is -3.42. The number of carboxylic acid groups (broad SMARTS) is 1. The molecule has 0 aliphatic rings. The molecule has 0 saturated heterocycles. The third-order valence-electron chi connectivity index (χ3n) is 3.73. The van der Waals surface area contributed by atoms with Crippen LogP contribution in [0.1, 0.15) is 12.6 Å². The number of hydrogen-bond donors (Lipinski definition) is 1. The molecule has 8 heteroatoms. The molecular formula is C17H16N4O4. The van der Waals surface area contributed by atoms with E-state index in [2.05, 4.69) is 9.97 Å². The monoisotopic (exact) mass is 340 g/mol. The molecule has 25 heavy (non-hydrogen) atoms. The van der Waals surface area contributed by atoms with Crippen LogP contribution in [0, 0.1) is 0 Å². The van der Waals surface area contributed by atoms with Crippen LogP contribution in [-0.4, -0.2) is 43.6 Å². The van der Waals surface area contributed by atoms with Gasteiger partial charge in [0, 0.05) is 31.6 Å². The van der Waals surface area contributed by atoms with Gasteiger partial charge >= 0.3 is 6.09 Å². The number of nitrogens with zero attached hydrogens (tertiary/aromatic N) is 4. The minimum atomic E-state index is -1.04. The quantitative estimate of drug-likeness (QED) is 0.784. The normalized spacial score (nSPS) is 10.6. The molecule has 0 aliphatic heterocycles. The lowest BCUT2D eigenvalue weighted by Gasteiger charge is -2.14. The van der Waals surface area contributed by atoms with Gasteiger partial charge in [-0.2, -0.15) is 0 Å². The third-order valence-corrected chi connectivity index (χ3v) is 3.73. The maximum absolute atomic E-state index is 11.3. The molecule has 0 radical (unpaired) electrons. The number of amides is 1. The van der Waals surface area contributed by atoms with E-state index < -0.39 is 6.09 Å². The van der Waals surface area contributed by atoms with E-state index in [1.54, 1.807) is 37.4 Å². The summed E-state index contributed by atoms with van der Waals surface area (Å²) in [5, 5.41) is 9.85. The topological polar surface area (TPSA) is 97.5 Å². The van der Waals surface area contributed by atoms with E-state index in [0.29, 0.717) is 29.4 Å². The van der Waals surface area contributed by atoms with Crippen LogP contribution in [0.15, 0.2) is 42.9 Å². The summed E-state index contributed by atoms with van der Waals surface area (Å²) in [7, 11) is 1.69. The summed E-state index contributed by atoms with van der Waals surface area (Å²) in [4.78, 5) is 32.1. The number of hydrogen-bond acceptors (Lipinski definition) is 5. The summed E-state index contributed by atoms with van der Waals surface area (Å²) < 4.78 is 6.87. The van der Waals surface area contributed by atoms with E-state index in [1.165, 1.54) is 24.3 Å². The summed E-state index contributed by atoms with van der Waals surface area (Å²) in [5.41, 5.74) is 1.23. The first-order chi connectivity index (χ1) is 11.9. The van der Waals surface area contributed by atoms with Gasteiger partial charge in [-0.25, -0.2) is 14.8 Å². The Labute approximate surface area is 143 Å². The summed E-state index contributed by atoms with van der Waals surface area (Å²) >= 11 is 0. The average molecular weight is 340 g/mol. The number of fused-ring (bicyclic) bond motifs is 1. The Bertz CT molecular complexity index is 951. The molecule has 3 rings (SSSR count). The molecule has 0 unspecified atom stereocenters. The first-order valence-corrected chi connectivity index (χ1v) is 7.49. The van der Waals surface area contributed by atoms with E-state index in [4.69, 9.17) is 9.84 Å². The maximum atomic E-state index is 11.3. The summed E-state index contributed by atoms with van der Waals surface area (Å²) in [6.45, 7) is 1.84. The second kappa shape index (κ2) is 6.60. The molecule has 1 aromatic carbocycles. The molecule has 128 valence electrons. The van der Waals surface area contributed by atoms with E-state index in [0.717, 1.165) is 9.95 Å². The van der Waals surface area contributed by atoms with Gasteiger partial charge in [0.05, 0.1) is 17.8 Å². The lowest BCUT2D eigenvalue weighted by molar-refractivity contribution is -0.128. The van der Waals surface area contributed by atoms with Crippen molar-refractivity contribution in [1.29, 1.82) is 0 Å². The van der Waals surface area contributed by atoms with Crippen molar-refractivity contribution in [2.75, 3.05) is 7.05 Å². The SMILES string of the molecule is CC(=O)N(C)Cc1cc(Oc2ccc3c(ccn3C(=O)O)c2)ncn1. The van der Waals surface area contributed by atoms with Crippen molar-refractivity contribution in [3.05, 3.63) is 48.5 Å². The number of benzene rings is 1. The van der Waals surface area contributed by atoms with Crippen LogP contribution in [0.4, 0.5) is 4.79 Å². The fourth-order valence-electron chi connectivity index (χ4n) is 2.35. The van der Waals surface area contributed by atoms with Gasteiger partial charge in [-0.15, -0.1) is 0 Å². The Morgan fingerprint density at radius 2 is 2.04 bits per heavy atom. The van der Waals surface area contributed by atoms with Crippen molar-refractivity contribution < 1.29 is 19.4 Å². The fraction of sp³-hybridized carbons (Fsp3) is 0.176. The summed E-state index contributed by atoms with van der Waals surface area (Å²) in [5.74, 6) is 0.814. The van der Waals surface area contributed by atoms with Gasteiger partial charge in [0.15, 0.2) is 0 Å². The van der Waals surface area contributed by atoms with E-state index in [1.807, 2.05) is 0 Å². The second-order valence-corrected chi connectivity index (χ2v) is 5.51. The highest BCUT2D eigenvalue weighted by Crippen LogP contribution is 2.25. The van der Waals surface area contributed by atoms with Crippen molar-refractivity contribution in [2.24, 2.45) is 0 Å². The van der Waals surface area contributed by atoms with Crippen molar-refractivity contribution in [2.45, 2.75) is 13.5 Å². The number of ether oxygens (including phenoxy) is 1. The van der Waals surface area contributed by atoms with Gasteiger partial charge in [-0.1, -0.05) is 0 Å². The minimum absolute atomic E-state index is 0.0607. The largest absolute Gasteiger partial charge is 0.464 e. The number of carbonyl (C=O) groups excluding carboxylic acids is 1. The maximum Gasteiger partial charge on any atom is 0.415 e. The van der Waals surface area contributed by atoms with Gasteiger partial charge in [0.25, 0.3) is 0 Å². The Morgan fingerprint density at radius 1 is 1.24 bits per heavy atom. The second-order valence-electron chi connectivity index (χ2n) is 5.51. The molecule has 2 aromatic heterocycles. The van der Waals surface area contributed by atoms with Crippen LogP contribution in [0.5, 0.6) is 11.6 Å². The molecule has 0 spiro atoms. The lowest BCUT2D eigenvalue weighted by Crippen LogP contribution is -2.23. The molecule has 2 heterocycles. The molecule has 0 saturated carbocycles. The van der Waals surface area contributed by atoms with Crippen LogP contribution in [0.3, 0.4) is 0 Å². The van der Waals surface area contributed by atoms with Crippen LogP contribution >= 0.6 is 0 Å². The van der Waals surface area contributed by atoms with Gasteiger partial charge in [-0.05, 0) is 24.3 Å². The van der Waals surface area contributed by atoms with Crippen LogP contribution in [-0.2, 0) is 11.3 Å². The highest BCUT2D eigenvalue weighted by atomic mass is 16.5. The fourth-order valence-corrected chi connectivity index (χ4v) is 2.35. The smallest absolute Gasteiger partial charge is 0.415 e. The molecule has 0 bridgehead atoms. The zero-order valence-corrected chi connectivity index (χ0v) is 13.7. The first-order valence-electron chi connectivity index (χ1n) is 7.49. The molecule has 0 fully saturated rings. The van der Waals surface area contributed by atoms with Gasteiger partial charge < -0.3 is 14.7 Å². The minimum Gasteiger partial charge on any atom is -0.464 e. The van der Waals surface area contributed by atoms with Gasteiger partial charge in [-0.3, -0.25) is 9.36 Å². The number of aromatic nitrogens is 3. The number of rotatable bonds is 4. The molecule has 0 aliphatic carbocycles. The highest BCUT2D eigenvalue weighted by Gasteiger charge is 2.10. The van der Waals surface area contributed by atoms with Crippen molar-refractivity contribution >= 4 is 22.9 Å². The predicted octanol–water partition coefficient (Wildman–Crippen LogP) is 2.73. The Kier molecular flexibility index (Phi) is 4.34. The molecule has 0 atom stereocenters. The standard InChI is InChI=1S/C17H16N4O4/c1-11(22)20(2)9-13-8-16(19-10-18-13)25-14-3-4-15-12(7-14)5-6-21(15)17(23)24/h3-8,10H,9H2,1-2H3,(H,23,24). The zero-order valence-electron chi connectivity index (χ0n) is 13.7. The van der Waals surface area contributed by atoms with Gasteiger partial charge in [0.2, 0.25) is 11.8 Å². The van der Waals surface area contributed by atoms with Crippen molar-refractivity contribution in [3.8, 4) is 11.6 Å². The molecule has 1 amide bonds. The predicted molar refractivity (Wildman–Crippen MR) is 89.6 cm³/mol. The lowest BCUT2D eigenvalue weighted by atomic mass is 10.2. The molecule has 1 N–H and O–H groups in total. The van der Waals surface area contributed by atoms with E-state index in [9.17, 15) is 9.59 Å². The Morgan fingerprint density at radius 3 is 2.76 bits per heavy atom. The third kappa shape index (κ3) is 3.57. The van der Waals surface area contributed by atoms with Gasteiger partial charge in [0.1, 0.15) is 12.1 Å². The first kappa shape index (κ1) is 16.4. The van der Waals surface area contributed by atoms with Crippen LogP contribution in [0.2, 0.25) is 0 Å². The molecule has 8 nitrogen and oxygen atoms in total. The van der Waals surface area contributed by atoms with E-state index >= 15 is 0 Å². The zero-order chi connectivity index (χ0) is 18.0. The van der Waals surface area contributed by atoms with Crippen molar-refractivity contribution in [1.82, 2.24) is 19.4 Å². The molecular weight excluding hydrogens is 324 g/mol. The highest BCUT2D eigenvalue weighted by molar-refractivity contribution is 5.89. The molecule has 3 aromatic rings. The number of carbonyl (C=O) groups is 2. The van der Waals surface area contributed by atoms with Crippen LogP contribution < -0.4 is 4.74 Å². The summed E-state index contributed by atoms with van der Waals surface area (Å²) in [6, 6.07) is 8.43. The average Bonchev–Trinajstić information content (AvgIpc) is 2.98. The summed E-state index contributed by atoms with van der Waals surface area (Å²) in [6.07, 6.45) is 1.81. The van der Waals surface area contributed by atoms with Crippen LogP contribution in [0.25, 0.3) is 10.9 Å². The van der Waals surface area contributed by atoms with E-state index in [-0.39, 0.29) is 5.91 Å².